The van der Waals surface area contributed by atoms with E-state index < -0.39 is 0 Å². The number of halogens is 1. The average molecular weight is 284 g/mol. The molecule has 0 bridgehead atoms. The van der Waals surface area contributed by atoms with Crippen LogP contribution < -0.4 is 10.6 Å². The van der Waals surface area contributed by atoms with Gasteiger partial charge in [-0.15, -0.1) is 0 Å². The number of fused-ring (bicyclic) bond motifs is 1. The lowest BCUT2D eigenvalue weighted by atomic mass is 9.97. The normalized spacial score (nSPS) is 13.7. The van der Waals surface area contributed by atoms with E-state index in [0.717, 1.165) is 30.9 Å². The third-order valence-electron chi connectivity index (χ3n) is 3.72. The van der Waals surface area contributed by atoms with Gasteiger partial charge in [0.2, 0.25) is 0 Å². The Bertz CT molecular complexity index is 703. The van der Waals surface area contributed by atoms with Crippen molar-refractivity contribution in [3.05, 3.63) is 58.1 Å². The number of nitrogens with zero attached hydrogens (tertiary/aromatic N) is 2. The van der Waals surface area contributed by atoms with Gasteiger partial charge in [-0.2, -0.15) is 5.26 Å². The van der Waals surface area contributed by atoms with E-state index in [-0.39, 0.29) is 0 Å². The second-order valence-electron chi connectivity index (χ2n) is 4.93. The minimum atomic E-state index is 0.590. The number of benzene rings is 2. The molecule has 0 radical (unpaired) electrons. The summed E-state index contributed by atoms with van der Waals surface area (Å²) in [7, 11) is 0. The molecule has 4 heteroatoms. The van der Waals surface area contributed by atoms with Gasteiger partial charge in [0.1, 0.15) is 6.07 Å². The number of anilines is 2. The molecule has 2 aromatic carbocycles. The van der Waals surface area contributed by atoms with Crippen molar-refractivity contribution in [3.63, 3.8) is 0 Å². The van der Waals surface area contributed by atoms with Crippen LogP contribution in [-0.2, 0) is 13.0 Å². The number of hydrogen-bond acceptors (Lipinski definition) is 3. The first-order valence-corrected chi connectivity index (χ1v) is 6.87. The van der Waals surface area contributed by atoms with Gasteiger partial charge in [-0.05, 0) is 41.8 Å². The van der Waals surface area contributed by atoms with Crippen LogP contribution in [0, 0.1) is 11.3 Å². The number of nitriles is 1. The predicted octanol–water partition coefficient (Wildman–Crippen LogP) is 3.36. The molecular formula is C16H14ClN3. The second-order valence-corrected chi connectivity index (χ2v) is 5.37. The summed E-state index contributed by atoms with van der Waals surface area (Å²) in [5.74, 6) is 0. The van der Waals surface area contributed by atoms with Gasteiger partial charge in [0.05, 0.1) is 11.3 Å². The fraction of sp³-hybridized carbons (Fsp3) is 0.188. The van der Waals surface area contributed by atoms with E-state index in [1.165, 1.54) is 11.1 Å². The maximum Gasteiger partial charge on any atom is 0.101 e. The quantitative estimate of drug-likeness (QED) is 0.817. The van der Waals surface area contributed by atoms with Crippen LogP contribution in [0.15, 0.2) is 36.4 Å². The molecule has 1 heterocycles. The lowest BCUT2D eigenvalue weighted by Gasteiger charge is -2.32. The molecule has 0 aromatic heterocycles. The third-order valence-corrected chi connectivity index (χ3v) is 3.96. The van der Waals surface area contributed by atoms with Crippen molar-refractivity contribution in [3.8, 4) is 6.07 Å². The maximum atomic E-state index is 9.26. The van der Waals surface area contributed by atoms with Gasteiger partial charge in [0, 0.05) is 23.8 Å². The Balaban J connectivity index is 1.97. The van der Waals surface area contributed by atoms with Gasteiger partial charge in [-0.25, -0.2) is 0 Å². The van der Waals surface area contributed by atoms with Crippen molar-refractivity contribution >= 4 is 23.0 Å². The molecule has 0 saturated heterocycles. The van der Waals surface area contributed by atoms with E-state index in [1.54, 1.807) is 6.07 Å². The monoisotopic (exact) mass is 283 g/mol. The van der Waals surface area contributed by atoms with E-state index in [0.29, 0.717) is 10.6 Å². The highest BCUT2D eigenvalue weighted by Gasteiger charge is 2.20. The standard InChI is InChI=1S/C16H14ClN3/c17-13-4-5-16(12(8-13)9-18)20-7-6-14-11(10-20)2-1-3-15(14)19/h1-5,8H,6-7,10,19H2. The lowest BCUT2D eigenvalue weighted by molar-refractivity contribution is 0.732. The van der Waals surface area contributed by atoms with Crippen LogP contribution >= 0.6 is 11.6 Å². The SMILES string of the molecule is N#Cc1cc(Cl)ccc1N1CCc2c(N)cccc2C1. The molecule has 0 saturated carbocycles. The Kier molecular flexibility index (Phi) is 3.25. The summed E-state index contributed by atoms with van der Waals surface area (Å²) in [5.41, 5.74) is 10.9. The molecule has 0 amide bonds. The van der Waals surface area contributed by atoms with Gasteiger partial charge in [0.25, 0.3) is 0 Å². The zero-order valence-corrected chi connectivity index (χ0v) is 11.7. The molecule has 0 aliphatic carbocycles. The zero-order valence-electron chi connectivity index (χ0n) is 10.9. The first-order chi connectivity index (χ1) is 9.69. The summed E-state index contributed by atoms with van der Waals surface area (Å²) in [6.07, 6.45) is 0.898. The lowest BCUT2D eigenvalue weighted by Crippen LogP contribution is -2.31. The number of rotatable bonds is 1. The fourth-order valence-electron chi connectivity index (χ4n) is 2.72. The molecule has 1 aliphatic heterocycles. The summed E-state index contributed by atoms with van der Waals surface area (Å²) in [4.78, 5) is 2.21. The molecule has 0 unspecified atom stereocenters. The third kappa shape index (κ3) is 2.19. The molecule has 2 aromatic rings. The first kappa shape index (κ1) is 12.8. The van der Waals surface area contributed by atoms with Crippen LogP contribution in [0.2, 0.25) is 5.02 Å². The van der Waals surface area contributed by atoms with Gasteiger partial charge in [-0.3, -0.25) is 0 Å². The summed E-state index contributed by atoms with van der Waals surface area (Å²) >= 11 is 5.95. The van der Waals surface area contributed by atoms with E-state index in [1.807, 2.05) is 24.3 Å². The minimum absolute atomic E-state index is 0.590. The Morgan fingerprint density at radius 2 is 2.10 bits per heavy atom. The largest absolute Gasteiger partial charge is 0.398 e. The molecule has 3 rings (SSSR count). The van der Waals surface area contributed by atoms with Crippen molar-refractivity contribution in [2.75, 3.05) is 17.2 Å². The fourth-order valence-corrected chi connectivity index (χ4v) is 2.89. The molecule has 3 nitrogen and oxygen atoms in total. The summed E-state index contributed by atoms with van der Waals surface area (Å²) < 4.78 is 0. The van der Waals surface area contributed by atoms with Crippen LogP contribution in [0.4, 0.5) is 11.4 Å². The van der Waals surface area contributed by atoms with Crippen molar-refractivity contribution in [1.29, 1.82) is 5.26 Å². The van der Waals surface area contributed by atoms with E-state index in [2.05, 4.69) is 17.0 Å². The molecule has 2 N–H and O–H groups in total. The Morgan fingerprint density at radius 3 is 2.90 bits per heavy atom. The van der Waals surface area contributed by atoms with Crippen LogP contribution in [0.5, 0.6) is 0 Å². The highest BCUT2D eigenvalue weighted by Crippen LogP contribution is 2.30. The van der Waals surface area contributed by atoms with E-state index >= 15 is 0 Å². The highest BCUT2D eigenvalue weighted by molar-refractivity contribution is 6.30. The van der Waals surface area contributed by atoms with E-state index in [4.69, 9.17) is 17.3 Å². The molecule has 100 valence electrons. The molecule has 0 fully saturated rings. The molecular weight excluding hydrogens is 270 g/mol. The molecule has 20 heavy (non-hydrogen) atoms. The smallest absolute Gasteiger partial charge is 0.101 e. The van der Waals surface area contributed by atoms with Gasteiger partial charge < -0.3 is 10.6 Å². The van der Waals surface area contributed by atoms with Crippen molar-refractivity contribution in [1.82, 2.24) is 0 Å². The second kappa shape index (κ2) is 5.07. The van der Waals surface area contributed by atoms with Crippen LogP contribution in [0.25, 0.3) is 0 Å². The van der Waals surface area contributed by atoms with E-state index in [9.17, 15) is 5.26 Å². The predicted molar refractivity (Wildman–Crippen MR) is 81.8 cm³/mol. The maximum absolute atomic E-state index is 9.26. The average Bonchev–Trinajstić information content (AvgIpc) is 2.47. The van der Waals surface area contributed by atoms with Crippen LogP contribution in [0.3, 0.4) is 0 Å². The van der Waals surface area contributed by atoms with Crippen molar-refractivity contribution < 1.29 is 0 Å². The van der Waals surface area contributed by atoms with Crippen molar-refractivity contribution in [2.45, 2.75) is 13.0 Å². The van der Waals surface area contributed by atoms with Crippen LogP contribution in [0.1, 0.15) is 16.7 Å². The number of hydrogen-bond donors (Lipinski definition) is 1. The number of nitrogen functional groups attached to an aromatic ring is 1. The Labute approximate surface area is 123 Å². The zero-order chi connectivity index (χ0) is 14.1. The summed E-state index contributed by atoms with van der Waals surface area (Å²) in [6, 6.07) is 13.7. The van der Waals surface area contributed by atoms with Gasteiger partial charge in [-0.1, -0.05) is 23.7 Å². The van der Waals surface area contributed by atoms with Crippen LogP contribution in [-0.4, -0.2) is 6.54 Å². The topological polar surface area (TPSA) is 53.0 Å². The van der Waals surface area contributed by atoms with Gasteiger partial charge >= 0.3 is 0 Å². The van der Waals surface area contributed by atoms with Crippen molar-refractivity contribution in [2.24, 2.45) is 0 Å². The Hall–Kier alpha value is -2.18. The molecule has 0 atom stereocenters. The minimum Gasteiger partial charge on any atom is -0.398 e. The van der Waals surface area contributed by atoms with Gasteiger partial charge in [0.15, 0.2) is 0 Å². The molecule has 0 spiro atoms. The number of nitrogens with two attached hydrogens (primary N) is 1. The first-order valence-electron chi connectivity index (χ1n) is 6.50. The highest BCUT2D eigenvalue weighted by atomic mass is 35.5. The Morgan fingerprint density at radius 1 is 1.25 bits per heavy atom. The summed E-state index contributed by atoms with van der Waals surface area (Å²) in [6.45, 7) is 1.63. The summed E-state index contributed by atoms with van der Waals surface area (Å²) in [5, 5.41) is 9.85. The molecule has 1 aliphatic rings.